The number of nitrogens with zero attached hydrogens (tertiary/aromatic N) is 6. The normalized spacial score (nSPS) is 11.2. The zero-order valence-corrected chi connectivity index (χ0v) is 12.8. The molecule has 4 aromatic rings. The van der Waals surface area contributed by atoms with Gasteiger partial charge in [0.05, 0.1) is 13.3 Å². The molecule has 0 fully saturated rings. The van der Waals surface area contributed by atoms with E-state index in [1.54, 1.807) is 30.1 Å². The summed E-state index contributed by atoms with van der Waals surface area (Å²) in [4.78, 5) is 16.2. The monoisotopic (exact) mass is 324 g/mol. The van der Waals surface area contributed by atoms with E-state index in [2.05, 4.69) is 20.4 Å². The maximum atomic E-state index is 12.0. The molecule has 0 saturated carbocycles. The van der Waals surface area contributed by atoms with Crippen LogP contribution in [0.15, 0.2) is 30.7 Å². The Hall–Kier alpha value is -3.49. The van der Waals surface area contributed by atoms with Crippen molar-refractivity contribution in [1.29, 1.82) is 0 Å². The summed E-state index contributed by atoms with van der Waals surface area (Å²) in [7, 11) is 3.02. The minimum absolute atomic E-state index is 0.0650. The minimum Gasteiger partial charge on any atom is -0.505 e. The Morgan fingerprint density at radius 2 is 2.12 bits per heavy atom. The summed E-state index contributed by atoms with van der Waals surface area (Å²) >= 11 is 0. The summed E-state index contributed by atoms with van der Waals surface area (Å²) in [6, 6.07) is 5.32. The van der Waals surface area contributed by atoms with Crippen molar-refractivity contribution < 1.29 is 14.6 Å². The molecule has 24 heavy (non-hydrogen) atoms. The van der Waals surface area contributed by atoms with E-state index in [0.717, 1.165) is 5.56 Å². The van der Waals surface area contributed by atoms with Gasteiger partial charge >= 0.3 is 5.97 Å². The van der Waals surface area contributed by atoms with E-state index in [1.165, 1.54) is 18.0 Å². The van der Waals surface area contributed by atoms with Gasteiger partial charge in [0.2, 0.25) is 0 Å². The molecule has 0 bridgehead atoms. The number of fused-ring (bicyclic) bond motifs is 3. The van der Waals surface area contributed by atoms with Crippen molar-refractivity contribution in [3.63, 3.8) is 0 Å². The van der Waals surface area contributed by atoms with E-state index >= 15 is 0 Å². The van der Waals surface area contributed by atoms with Gasteiger partial charge in [-0.05, 0) is 12.1 Å². The van der Waals surface area contributed by atoms with E-state index in [0.29, 0.717) is 22.1 Å². The molecule has 0 spiro atoms. The predicted molar refractivity (Wildman–Crippen MR) is 83.5 cm³/mol. The molecule has 9 nitrogen and oxygen atoms in total. The molecule has 0 radical (unpaired) electrons. The fraction of sp³-hybridized carbons (Fsp3) is 0.133. The number of aromatic hydroxyl groups is 1. The largest absolute Gasteiger partial charge is 0.505 e. The number of aryl methyl sites for hydroxylation is 1. The third-order valence-electron chi connectivity index (χ3n) is 3.78. The van der Waals surface area contributed by atoms with E-state index in [-0.39, 0.29) is 11.4 Å². The van der Waals surface area contributed by atoms with Crippen molar-refractivity contribution in [2.45, 2.75) is 0 Å². The van der Waals surface area contributed by atoms with Crippen LogP contribution in [0.5, 0.6) is 5.75 Å². The number of pyridine rings is 1. The number of carbonyl (C=O) groups excluding carboxylic acids is 1. The lowest BCUT2D eigenvalue weighted by molar-refractivity contribution is 0.0587. The first kappa shape index (κ1) is 14.1. The Balaban J connectivity index is 2.06. The standard InChI is InChI=1S/C15H12N6O3/c1-20-6-11(18-19-20)8-3-4-9-10(5-8)14-16-7-17-21(14)12(13(9)22)15(23)24-2/h3-7,22H,1-2H3. The lowest BCUT2D eigenvalue weighted by atomic mass is 10.0. The topological polar surface area (TPSA) is 107 Å². The van der Waals surface area contributed by atoms with Crippen molar-refractivity contribution in [3.05, 3.63) is 36.4 Å². The van der Waals surface area contributed by atoms with Crippen molar-refractivity contribution in [1.82, 2.24) is 29.6 Å². The summed E-state index contributed by atoms with van der Waals surface area (Å²) in [5.41, 5.74) is 1.87. The Kier molecular flexibility index (Phi) is 2.95. The Labute approximate surface area is 135 Å². The molecule has 0 atom stereocenters. The Bertz CT molecular complexity index is 1100. The second-order valence-electron chi connectivity index (χ2n) is 5.22. The number of benzene rings is 1. The first-order valence-corrected chi connectivity index (χ1v) is 7.03. The van der Waals surface area contributed by atoms with Gasteiger partial charge in [-0.15, -0.1) is 5.10 Å². The van der Waals surface area contributed by atoms with Gasteiger partial charge in [0, 0.05) is 23.4 Å². The molecule has 0 saturated heterocycles. The molecular weight excluding hydrogens is 312 g/mol. The molecule has 9 heteroatoms. The van der Waals surface area contributed by atoms with E-state index in [4.69, 9.17) is 4.74 Å². The highest BCUT2D eigenvalue weighted by molar-refractivity contribution is 6.06. The van der Waals surface area contributed by atoms with Gasteiger partial charge in [-0.1, -0.05) is 11.3 Å². The van der Waals surface area contributed by atoms with Crippen LogP contribution in [-0.2, 0) is 11.8 Å². The molecule has 0 aliphatic carbocycles. The molecule has 4 rings (SSSR count). The SMILES string of the molecule is COC(=O)c1c(O)c2ccc(-c3cn(C)nn3)cc2c2ncnn12. The maximum absolute atomic E-state index is 12.0. The van der Waals surface area contributed by atoms with Gasteiger partial charge in [0.15, 0.2) is 17.1 Å². The number of esters is 1. The highest BCUT2D eigenvalue weighted by atomic mass is 16.5. The second kappa shape index (κ2) is 5.01. The fourth-order valence-electron chi connectivity index (χ4n) is 2.67. The number of rotatable bonds is 2. The van der Waals surface area contributed by atoms with E-state index in [9.17, 15) is 9.90 Å². The van der Waals surface area contributed by atoms with Crippen LogP contribution >= 0.6 is 0 Å². The van der Waals surface area contributed by atoms with E-state index in [1.807, 2.05) is 6.07 Å². The molecular formula is C15H12N6O3. The summed E-state index contributed by atoms with van der Waals surface area (Å²) < 4.78 is 7.60. The van der Waals surface area contributed by atoms with Gasteiger partial charge in [0.1, 0.15) is 12.0 Å². The number of methoxy groups -OCH3 is 1. The van der Waals surface area contributed by atoms with Crippen LogP contribution in [-0.4, -0.2) is 47.8 Å². The van der Waals surface area contributed by atoms with Crippen LogP contribution in [0.1, 0.15) is 10.5 Å². The van der Waals surface area contributed by atoms with Crippen LogP contribution < -0.4 is 0 Å². The molecule has 0 aliphatic rings. The number of ether oxygens (including phenoxy) is 1. The van der Waals surface area contributed by atoms with E-state index < -0.39 is 5.97 Å². The van der Waals surface area contributed by atoms with Crippen LogP contribution in [0.4, 0.5) is 0 Å². The van der Waals surface area contributed by atoms with Gasteiger partial charge in [-0.3, -0.25) is 4.68 Å². The first-order chi connectivity index (χ1) is 11.6. The van der Waals surface area contributed by atoms with Crippen molar-refractivity contribution >= 4 is 22.4 Å². The molecule has 0 amide bonds. The molecule has 1 aromatic carbocycles. The molecule has 0 unspecified atom stereocenters. The Morgan fingerprint density at radius 3 is 2.83 bits per heavy atom. The summed E-state index contributed by atoms with van der Waals surface area (Å²) in [6.07, 6.45) is 3.10. The van der Waals surface area contributed by atoms with Gasteiger partial charge in [-0.2, -0.15) is 5.10 Å². The third kappa shape index (κ3) is 1.91. The first-order valence-electron chi connectivity index (χ1n) is 7.03. The quantitative estimate of drug-likeness (QED) is 0.551. The second-order valence-corrected chi connectivity index (χ2v) is 5.22. The summed E-state index contributed by atoms with van der Waals surface area (Å²) in [6.45, 7) is 0. The molecule has 120 valence electrons. The van der Waals surface area contributed by atoms with Crippen LogP contribution in [0.2, 0.25) is 0 Å². The molecule has 1 N–H and O–H groups in total. The number of carbonyl (C=O) groups is 1. The lowest BCUT2D eigenvalue weighted by Gasteiger charge is -2.10. The highest BCUT2D eigenvalue weighted by Crippen LogP contribution is 2.34. The summed E-state index contributed by atoms with van der Waals surface area (Å²) in [5, 5.41) is 23.6. The number of hydrogen-bond acceptors (Lipinski definition) is 7. The molecule has 3 aromatic heterocycles. The maximum Gasteiger partial charge on any atom is 0.360 e. The van der Waals surface area contributed by atoms with Gasteiger partial charge in [-0.25, -0.2) is 14.3 Å². The third-order valence-corrected chi connectivity index (χ3v) is 3.78. The average molecular weight is 324 g/mol. The Morgan fingerprint density at radius 1 is 1.29 bits per heavy atom. The smallest absolute Gasteiger partial charge is 0.360 e. The average Bonchev–Trinajstić information content (AvgIpc) is 3.23. The zero-order chi connectivity index (χ0) is 16.8. The molecule has 3 heterocycles. The molecule has 0 aliphatic heterocycles. The van der Waals surface area contributed by atoms with Gasteiger partial charge < -0.3 is 9.84 Å². The summed E-state index contributed by atoms with van der Waals surface area (Å²) in [5.74, 6) is -0.900. The van der Waals surface area contributed by atoms with Crippen LogP contribution in [0.25, 0.3) is 27.7 Å². The van der Waals surface area contributed by atoms with Crippen molar-refractivity contribution in [3.8, 4) is 17.0 Å². The van der Waals surface area contributed by atoms with Crippen molar-refractivity contribution in [2.75, 3.05) is 7.11 Å². The van der Waals surface area contributed by atoms with Gasteiger partial charge in [0.25, 0.3) is 0 Å². The minimum atomic E-state index is -0.692. The van der Waals surface area contributed by atoms with Crippen LogP contribution in [0, 0.1) is 0 Å². The van der Waals surface area contributed by atoms with Crippen molar-refractivity contribution in [2.24, 2.45) is 7.05 Å². The number of hydrogen-bond donors (Lipinski definition) is 1. The fourth-order valence-corrected chi connectivity index (χ4v) is 2.67. The lowest BCUT2D eigenvalue weighted by Crippen LogP contribution is -2.10. The zero-order valence-electron chi connectivity index (χ0n) is 12.8. The predicted octanol–water partition coefficient (Wildman–Crippen LogP) is 1.17. The number of aromatic nitrogens is 6. The van der Waals surface area contributed by atoms with Crippen LogP contribution in [0.3, 0.4) is 0 Å². The highest BCUT2D eigenvalue weighted by Gasteiger charge is 2.22.